The predicted octanol–water partition coefficient (Wildman–Crippen LogP) is 35.2. The second-order valence-electron chi connectivity index (χ2n) is 59.0. The second-order valence-corrected chi connectivity index (χ2v) is 59.0. The maximum Gasteiger partial charge on any atom is 0.338 e. The van der Waals surface area contributed by atoms with Crippen molar-refractivity contribution in [2.75, 3.05) is 45.9 Å². The van der Waals surface area contributed by atoms with Gasteiger partial charge in [-0.3, -0.25) is 0 Å². The number of allylic oxidation sites excluding steroid dienone is 4. The van der Waals surface area contributed by atoms with Crippen molar-refractivity contribution in [1.29, 1.82) is 0 Å². The van der Waals surface area contributed by atoms with Crippen LogP contribution in [0.2, 0.25) is 0 Å². The van der Waals surface area contributed by atoms with Crippen LogP contribution in [0.3, 0.4) is 0 Å². The van der Waals surface area contributed by atoms with Crippen LogP contribution in [0.25, 0.3) is 0 Å². The lowest BCUT2D eigenvalue weighted by molar-refractivity contribution is -0.179. The Morgan fingerprint density at radius 1 is 0.369 bits per heavy atom. The van der Waals surface area contributed by atoms with Gasteiger partial charge in [-0.1, -0.05) is 231 Å². The van der Waals surface area contributed by atoms with Crippen molar-refractivity contribution in [2.24, 2.45) is 196 Å². The van der Waals surface area contributed by atoms with Gasteiger partial charge in [-0.15, -0.1) is 0 Å². The van der Waals surface area contributed by atoms with E-state index in [4.69, 9.17) is 64.8 Å². The summed E-state index contributed by atoms with van der Waals surface area (Å²) < 4.78 is 25.6. The molecule has 0 saturated heterocycles. The zero-order valence-electron chi connectivity index (χ0n) is 98.2. The van der Waals surface area contributed by atoms with E-state index in [0.29, 0.717) is 88.9 Å². The molecule has 4 aromatic carbocycles. The molecule has 1 spiro atoms. The van der Waals surface area contributed by atoms with Crippen molar-refractivity contribution in [3.05, 3.63) is 113 Å². The summed E-state index contributed by atoms with van der Waals surface area (Å²) in [4.78, 5) is 12.9. The SMILES string of the molecule is CC(C)=C1CCCC(C)C12CCC1C3CCC4C(C)(C)C(Oc5cc(N)ccc5N)CCC4(C)C3CCC12C.CC(C)CCCC(C)C1CCC2C3CC=C4CC(OC(=O)c5cc(N)cc(N)c5)CCC4(C)C3CCC12C.CC(C)CCCC(C)C1CCC2C3CC=C4CC(Oc5cc(N)ccc5N)CCC4(C)C3CCC12C.CC(C)CCCC(C)C1CCC2C3CCC4CC(Oc5cc(N)ccc5N)CCC4(C)C3CCC12C. The van der Waals surface area contributed by atoms with E-state index in [-0.39, 0.29) is 41.2 Å². The van der Waals surface area contributed by atoms with E-state index in [1.807, 2.05) is 60.2 Å². The van der Waals surface area contributed by atoms with Crippen molar-refractivity contribution < 1.29 is 23.7 Å². The van der Waals surface area contributed by atoms with Gasteiger partial charge in [0.1, 0.15) is 35.6 Å². The fourth-order valence-electron chi connectivity index (χ4n) is 42.1. The van der Waals surface area contributed by atoms with Crippen molar-refractivity contribution in [1.82, 2.24) is 0 Å². The number of hydrogen-bond donors (Lipinski definition) is 8. The molecule has 0 aliphatic heterocycles. The van der Waals surface area contributed by atoms with E-state index >= 15 is 0 Å². The van der Waals surface area contributed by atoms with Crippen LogP contribution in [0.4, 0.5) is 45.5 Å². The number of nitrogen functional groups attached to an aromatic ring is 8. The van der Waals surface area contributed by atoms with E-state index in [9.17, 15) is 4.79 Å². The highest BCUT2D eigenvalue weighted by Crippen LogP contribution is 2.78. The Morgan fingerprint density at radius 2 is 0.779 bits per heavy atom. The first kappa shape index (κ1) is 112. The molecule has 21 rings (SSSR count). The maximum atomic E-state index is 12.9. The molecule has 34 unspecified atom stereocenters. The number of anilines is 8. The first-order valence-corrected chi connectivity index (χ1v) is 62.5. The van der Waals surface area contributed by atoms with E-state index in [2.05, 4.69) is 164 Å². The van der Waals surface area contributed by atoms with Crippen LogP contribution in [0.5, 0.6) is 17.2 Å². The molecule has 828 valence electrons. The monoisotopic (exact) mass is 2040 g/mol. The molecular formula is C136H214N8O5. The summed E-state index contributed by atoms with van der Waals surface area (Å²) in [5.74, 6) is 22.9. The minimum atomic E-state index is -0.306. The molecule has 17 aliphatic carbocycles. The van der Waals surface area contributed by atoms with E-state index < -0.39 is 0 Å². The summed E-state index contributed by atoms with van der Waals surface area (Å²) in [5.41, 5.74) is 65.3. The fraction of sp³-hybridized carbons (Fsp3) is 0.772. The molecule has 0 heterocycles. The standard InChI is InChI=1S/C36H56N2O.C34H52N2O2.C33H54N2O.C33H52N2O/c1-22(2)26-10-8-9-23(3)36(26)20-16-28-25-12-14-31-33(4,5)32(39-30-21-24(37)11-13-29(30)38)17-18-34(31,6)27(25)15-19-35(28,36)7;1-21(2)7-6-8-22(3)29-11-12-30-28-10-9-24-19-27(38-32(37)23-17-25(35)20-26(36)18-23)13-15-33(24,4)31(28)14-16-34(29,30)5;2*1-21(2)7-6-8-22(3)27-12-13-28-26-11-9-23-19-25(36-31-20-24(34)10-14-30(31)35)15-17-32(23,4)29(26)16-18-33(27,28)5/h11,13,21,23,25,27-28,31-32H,8-10,12,14-20,37-38H2,1-7H3;9,17-18,20-22,27-31H,6-8,10-16,19,35-36H2,1-5H3;10,14,20-23,25-29H,6-9,11-13,15-19,34-35H2,1-5H3;9-10,14,20-22,25-29H,6-8,11-13,15-19,34-35H2,1-5H3. The van der Waals surface area contributed by atoms with Gasteiger partial charge in [0.25, 0.3) is 0 Å². The van der Waals surface area contributed by atoms with Gasteiger partial charge in [0.05, 0.1) is 28.7 Å². The Morgan fingerprint density at radius 3 is 1.28 bits per heavy atom. The zero-order valence-corrected chi connectivity index (χ0v) is 98.2. The van der Waals surface area contributed by atoms with Gasteiger partial charge in [-0.05, 0) is 478 Å². The molecule has 4 aromatic rings. The highest BCUT2D eigenvalue weighted by Gasteiger charge is 2.71. The molecule has 149 heavy (non-hydrogen) atoms. The van der Waals surface area contributed by atoms with Gasteiger partial charge >= 0.3 is 5.97 Å². The highest BCUT2D eigenvalue weighted by atomic mass is 16.5. The van der Waals surface area contributed by atoms with Gasteiger partial charge in [0.2, 0.25) is 0 Å². The number of hydrogen-bond acceptors (Lipinski definition) is 13. The van der Waals surface area contributed by atoms with Gasteiger partial charge in [-0.2, -0.15) is 0 Å². The first-order valence-electron chi connectivity index (χ1n) is 62.5. The predicted molar refractivity (Wildman–Crippen MR) is 627 cm³/mol. The molecule has 34 atom stereocenters. The molecule has 0 amide bonds. The number of carbonyl (C=O) groups excluding carboxylic acids is 1. The van der Waals surface area contributed by atoms with Gasteiger partial charge in [0, 0.05) is 64.9 Å². The first-order chi connectivity index (χ1) is 70.6. The second kappa shape index (κ2) is 44.1. The number of nitrogens with two attached hydrogens (primary N) is 8. The quantitative estimate of drug-likeness (QED) is 0.0195. The lowest BCUT2D eigenvalue weighted by Gasteiger charge is -2.66. The molecular weight excluding hydrogens is 1830 g/mol. The van der Waals surface area contributed by atoms with Crippen LogP contribution < -0.4 is 60.1 Å². The van der Waals surface area contributed by atoms with Gasteiger partial charge in [0.15, 0.2) is 0 Å². The van der Waals surface area contributed by atoms with Crippen molar-refractivity contribution in [2.45, 2.75) is 466 Å². The third-order valence-corrected chi connectivity index (χ3v) is 49.6. The molecule has 0 radical (unpaired) electrons. The minimum absolute atomic E-state index is 0.0579. The molecule has 0 aromatic heterocycles. The number of fused-ring (bicyclic) bond motifs is 21. The van der Waals surface area contributed by atoms with E-state index in [0.717, 1.165) is 210 Å². The highest BCUT2D eigenvalue weighted by molar-refractivity contribution is 5.92. The Balaban J connectivity index is 0.000000130. The lowest BCUT2D eigenvalue weighted by atomic mass is 9.39. The number of carbonyl (C=O) groups is 1. The van der Waals surface area contributed by atoms with Crippen LogP contribution in [0, 0.1) is 196 Å². The molecule has 13 nitrogen and oxygen atoms in total. The molecule has 16 N–H and O–H groups in total. The van der Waals surface area contributed by atoms with Crippen LogP contribution in [0.15, 0.2) is 107 Å². The molecule has 17 aliphatic rings. The van der Waals surface area contributed by atoms with Crippen LogP contribution in [0.1, 0.15) is 452 Å². The summed E-state index contributed by atoms with van der Waals surface area (Å²) in [6.07, 6.45) is 66.3. The normalized spacial score (nSPS) is 40.4. The Kier molecular flexibility index (Phi) is 33.1. The number of esters is 1. The minimum Gasteiger partial charge on any atom is -0.488 e. The largest absolute Gasteiger partial charge is 0.488 e. The molecule has 13 heteroatoms. The lowest BCUT2D eigenvalue weighted by Crippen LogP contribution is -2.61. The average Bonchev–Trinajstić information content (AvgIpc) is 1.55. The van der Waals surface area contributed by atoms with Crippen LogP contribution >= 0.6 is 0 Å². The van der Waals surface area contributed by atoms with Gasteiger partial charge < -0.3 is 64.8 Å². The summed E-state index contributed by atoms with van der Waals surface area (Å²) in [6.45, 7) is 55.8. The third kappa shape index (κ3) is 21.1. The van der Waals surface area contributed by atoms with Crippen LogP contribution in [-0.4, -0.2) is 30.4 Å². The van der Waals surface area contributed by atoms with E-state index in [1.165, 1.54) is 244 Å². The molecule has 0 bridgehead atoms. The van der Waals surface area contributed by atoms with Gasteiger partial charge in [-0.25, -0.2) is 4.79 Å². The Labute approximate surface area is 907 Å². The average molecular weight is 2040 g/mol. The third-order valence-electron chi connectivity index (χ3n) is 49.6. The van der Waals surface area contributed by atoms with Crippen molar-refractivity contribution in [3.8, 4) is 17.2 Å². The van der Waals surface area contributed by atoms with E-state index in [1.54, 1.807) is 34.9 Å². The van der Waals surface area contributed by atoms with Crippen LogP contribution in [-0.2, 0) is 4.74 Å². The summed E-state index contributed by atoms with van der Waals surface area (Å²) in [6, 6.07) is 21.9. The number of rotatable bonds is 23. The topological polar surface area (TPSA) is 262 Å². The maximum absolute atomic E-state index is 12.9. The summed E-state index contributed by atoms with van der Waals surface area (Å²) in [7, 11) is 0. The summed E-state index contributed by atoms with van der Waals surface area (Å²) >= 11 is 0. The smallest absolute Gasteiger partial charge is 0.338 e. The number of benzene rings is 4. The fourth-order valence-corrected chi connectivity index (χ4v) is 42.1. The summed E-state index contributed by atoms with van der Waals surface area (Å²) in [5, 5.41) is 0. The van der Waals surface area contributed by atoms with Crippen molar-refractivity contribution in [3.63, 3.8) is 0 Å². The molecule has 15 saturated carbocycles. The molecule has 15 fully saturated rings. The Bertz CT molecular complexity index is 5370. The Hall–Kier alpha value is -6.63. The van der Waals surface area contributed by atoms with Crippen molar-refractivity contribution >= 4 is 51.5 Å². The number of ether oxygens (including phenoxy) is 4. The zero-order chi connectivity index (χ0) is 107.